The van der Waals surface area contributed by atoms with Crippen molar-refractivity contribution in [1.29, 1.82) is 0 Å². The van der Waals surface area contributed by atoms with Gasteiger partial charge in [0.15, 0.2) is 0 Å². The molecule has 1 atom stereocenters. The minimum absolute atomic E-state index is 0.302. The molecule has 0 spiro atoms. The molecule has 0 aliphatic heterocycles. The lowest BCUT2D eigenvalue weighted by atomic mass is 10.2. The Bertz CT molecular complexity index is 487. The molecule has 1 aromatic carbocycles. The van der Waals surface area contributed by atoms with Gasteiger partial charge < -0.3 is 10.1 Å². The molecule has 0 fully saturated rings. The molecular weight excluding hydrogens is 214 g/mol. The summed E-state index contributed by atoms with van der Waals surface area (Å²) >= 11 is 0. The summed E-state index contributed by atoms with van der Waals surface area (Å²) in [6, 6.07) is 8.26. The molecule has 0 bridgehead atoms. The average Bonchev–Trinajstić information content (AvgIpc) is 2.36. The van der Waals surface area contributed by atoms with Crippen molar-refractivity contribution in [3.63, 3.8) is 0 Å². The normalized spacial score (nSPS) is 12.6. The van der Waals surface area contributed by atoms with Crippen molar-refractivity contribution in [1.82, 2.24) is 9.97 Å². The number of methoxy groups -OCH3 is 1. The highest BCUT2D eigenvalue weighted by molar-refractivity contribution is 5.78. The van der Waals surface area contributed by atoms with Crippen LogP contribution in [0, 0.1) is 0 Å². The molecule has 17 heavy (non-hydrogen) atoms. The van der Waals surface area contributed by atoms with Gasteiger partial charge in [-0.05, 0) is 19.4 Å². The van der Waals surface area contributed by atoms with Crippen LogP contribution in [0.25, 0.3) is 10.9 Å². The number of para-hydroxylation sites is 1. The van der Waals surface area contributed by atoms with E-state index in [2.05, 4.69) is 22.2 Å². The Kier molecular flexibility index (Phi) is 3.88. The number of hydrogen-bond donors (Lipinski definition) is 1. The van der Waals surface area contributed by atoms with Crippen molar-refractivity contribution < 1.29 is 4.74 Å². The van der Waals surface area contributed by atoms with Gasteiger partial charge in [-0.25, -0.2) is 9.97 Å². The van der Waals surface area contributed by atoms with E-state index in [-0.39, 0.29) is 0 Å². The van der Waals surface area contributed by atoms with Gasteiger partial charge >= 0.3 is 0 Å². The van der Waals surface area contributed by atoms with E-state index in [1.165, 1.54) is 0 Å². The molecule has 0 radical (unpaired) electrons. The Hall–Kier alpha value is -1.68. The molecule has 4 nitrogen and oxygen atoms in total. The second-order valence-electron chi connectivity index (χ2n) is 4.08. The molecule has 2 aromatic rings. The third-order valence-electron chi connectivity index (χ3n) is 2.62. The summed E-state index contributed by atoms with van der Waals surface area (Å²) in [4.78, 5) is 8.75. The van der Waals surface area contributed by atoms with Crippen LogP contribution in [0.3, 0.4) is 0 Å². The van der Waals surface area contributed by atoms with Gasteiger partial charge in [-0.3, -0.25) is 0 Å². The highest BCUT2D eigenvalue weighted by Gasteiger charge is 2.04. The number of ether oxygens (including phenoxy) is 1. The number of benzene rings is 1. The Labute approximate surface area is 101 Å². The molecular formula is C13H17N3O. The number of fused-ring (bicyclic) bond motifs is 1. The van der Waals surface area contributed by atoms with Gasteiger partial charge in [-0.2, -0.15) is 0 Å². The molecule has 1 heterocycles. The smallest absolute Gasteiger partial charge is 0.223 e. The lowest BCUT2D eigenvalue weighted by Gasteiger charge is -2.13. The van der Waals surface area contributed by atoms with Crippen molar-refractivity contribution >= 4 is 16.9 Å². The van der Waals surface area contributed by atoms with E-state index in [4.69, 9.17) is 4.74 Å². The summed E-state index contributed by atoms with van der Waals surface area (Å²) in [5.41, 5.74) is 0.962. The van der Waals surface area contributed by atoms with E-state index >= 15 is 0 Å². The van der Waals surface area contributed by atoms with Crippen LogP contribution in [0.1, 0.15) is 13.3 Å². The van der Waals surface area contributed by atoms with E-state index in [9.17, 15) is 0 Å². The quantitative estimate of drug-likeness (QED) is 0.858. The van der Waals surface area contributed by atoms with Gasteiger partial charge in [0.2, 0.25) is 5.95 Å². The molecule has 1 N–H and O–H groups in total. The van der Waals surface area contributed by atoms with Crippen LogP contribution in [0.5, 0.6) is 0 Å². The van der Waals surface area contributed by atoms with Crippen LogP contribution < -0.4 is 5.32 Å². The molecule has 0 aliphatic rings. The van der Waals surface area contributed by atoms with Crippen molar-refractivity contribution in [2.45, 2.75) is 19.4 Å². The second kappa shape index (κ2) is 5.59. The standard InChI is InChI=1S/C13H17N3O/c1-10(7-8-17-2)15-13-14-9-11-5-3-4-6-12(11)16-13/h3-6,9-10H,7-8H2,1-2H3,(H,14,15,16). The van der Waals surface area contributed by atoms with E-state index in [0.29, 0.717) is 12.0 Å². The van der Waals surface area contributed by atoms with E-state index < -0.39 is 0 Å². The highest BCUT2D eigenvalue weighted by atomic mass is 16.5. The molecule has 1 unspecified atom stereocenters. The monoisotopic (exact) mass is 231 g/mol. The lowest BCUT2D eigenvalue weighted by Crippen LogP contribution is -2.18. The van der Waals surface area contributed by atoms with Gasteiger partial charge in [0, 0.05) is 31.3 Å². The van der Waals surface area contributed by atoms with E-state index in [1.54, 1.807) is 7.11 Å². The summed E-state index contributed by atoms with van der Waals surface area (Å²) in [7, 11) is 1.71. The van der Waals surface area contributed by atoms with Crippen molar-refractivity contribution in [3.05, 3.63) is 30.5 Å². The summed E-state index contributed by atoms with van der Waals surface area (Å²) in [5.74, 6) is 0.673. The molecule has 4 heteroatoms. The summed E-state index contributed by atoms with van der Waals surface area (Å²) in [6.07, 6.45) is 2.78. The van der Waals surface area contributed by atoms with Gasteiger partial charge in [-0.15, -0.1) is 0 Å². The third-order valence-corrected chi connectivity index (χ3v) is 2.62. The van der Waals surface area contributed by atoms with Crippen molar-refractivity contribution in [2.24, 2.45) is 0 Å². The first-order valence-corrected chi connectivity index (χ1v) is 5.77. The van der Waals surface area contributed by atoms with Crippen molar-refractivity contribution in [2.75, 3.05) is 19.0 Å². The van der Waals surface area contributed by atoms with Gasteiger partial charge in [0.05, 0.1) is 5.52 Å². The Morgan fingerprint density at radius 1 is 1.35 bits per heavy atom. The first-order chi connectivity index (χ1) is 8.29. The zero-order valence-corrected chi connectivity index (χ0v) is 10.2. The Balaban J connectivity index is 2.08. The predicted molar refractivity (Wildman–Crippen MR) is 69.1 cm³/mol. The maximum absolute atomic E-state index is 5.04. The lowest BCUT2D eigenvalue weighted by molar-refractivity contribution is 0.191. The Morgan fingerprint density at radius 3 is 3.00 bits per heavy atom. The maximum atomic E-state index is 5.04. The summed E-state index contributed by atoms with van der Waals surface area (Å²) in [5, 5.41) is 4.32. The topological polar surface area (TPSA) is 47.0 Å². The largest absolute Gasteiger partial charge is 0.385 e. The van der Waals surface area contributed by atoms with E-state index in [0.717, 1.165) is 23.9 Å². The van der Waals surface area contributed by atoms with Crippen LogP contribution in [0.15, 0.2) is 30.5 Å². The molecule has 0 saturated heterocycles. The number of rotatable bonds is 5. The summed E-state index contributed by atoms with van der Waals surface area (Å²) < 4.78 is 5.04. The minimum Gasteiger partial charge on any atom is -0.385 e. The minimum atomic E-state index is 0.302. The fourth-order valence-electron chi connectivity index (χ4n) is 1.63. The molecule has 0 amide bonds. The second-order valence-corrected chi connectivity index (χ2v) is 4.08. The number of nitrogens with zero attached hydrogens (tertiary/aromatic N) is 2. The van der Waals surface area contributed by atoms with Crippen molar-refractivity contribution in [3.8, 4) is 0 Å². The average molecular weight is 231 g/mol. The number of nitrogens with one attached hydrogen (secondary N) is 1. The Morgan fingerprint density at radius 2 is 2.18 bits per heavy atom. The first-order valence-electron chi connectivity index (χ1n) is 5.77. The fraction of sp³-hybridized carbons (Fsp3) is 0.385. The van der Waals surface area contributed by atoms with Gasteiger partial charge in [0.1, 0.15) is 0 Å². The first kappa shape index (κ1) is 11.8. The fourth-order valence-corrected chi connectivity index (χ4v) is 1.63. The zero-order valence-electron chi connectivity index (χ0n) is 10.2. The maximum Gasteiger partial charge on any atom is 0.223 e. The highest BCUT2D eigenvalue weighted by Crippen LogP contribution is 2.12. The van der Waals surface area contributed by atoms with Crippen LogP contribution in [0.4, 0.5) is 5.95 Å². The SMILES string of the molecule is COCCC(C)Nc1ncc2ccccc2n1. The molecule has 2 rings (SSSR count). The van der Waals surface area contributed by atoms with E-state index in [1.807, 2.05) is 30.5 Å². The van der Waals surface area contributed by atoms with Gasteiger partial charge in [-0.1, -0.05) is 18.2 Å². The molecule has 90 valence electrons. The molecule has 0 saturated carbocycles. The van der Waals surface area contributed by atoms with Crippen LogP contribution in [-0.2, 0) is 4.74 Å². The number of aromatic nitrogens is 2. The number of anilines is 1. The molecule has 0 aliphatic carbocycles. The van der Waals surface area contributed by atoms with Gasteiger partial charge in [0.25, 0.3) is 0 Å². The predicted octanol–water partition coefficient (Wildman–Crippen LogP) is 2.47. The summed E-state index contributed by atoms with van der Waals surface area (Å²) in [6.45, 7) is 2.83. The van der Waals surface area contributed by atoms with Crippen LogP contribution >= 0.6 is 0 Å². The number of hydrogen-bond acceptors (Lipinski definition) is 4. The van der Waals surface area contributed by atoms with Crippen LogP contribution in [0.2, 0.25) is 0 Å². The zero-order chi connectivity index (χ0) is 12.1. The van der Waals surface area contributed by atoms with Crippen LogP contribution in [-0.4, -0.2) is 29.7 Å². The third kappa shape index (κ3) is 3.14. The molecule has 1 aromatic heterocycles.